The van der Waals surface area contributed by atoms with Gasteiger partial charge in [-0.3, -0.25) is 0 Å². The molecule has 0 spiro atoms. The fourth-order valence-corrected chi connectivity index (χ4v) is 3.24. The summed E-state index contributed by atoms with van der Waals surface area (Å²) in [5.74, 6) is 0.817. The van der Waals surface area contributed by atoms with Gasteiger partial charge in [-0.2, -0.15) is 0 Å². The summed E-state index contributed by atoms with van der Waals surface area (Å²) in [6.07, 6.45) is 0. The molecule has 5 heteroatoms. The van der Waals surface area contributed by atoms with Crippen LogP contribution in [0.4, 0.5) is 11.7 Å². The second kappa shape index (κ2) is 6.87. The van der Waals surface area contributed by atoms with Gasteiger partial charge < -0.3 is 9.73 Å². The van der Waals surface area contributed by atoms with Crippen LogP contribution in [-0.4, -0.2) is 10.2 Å². The maximum absolute atomic E-state index is 5.66. The number of aromatic nitrogens is 2. The van der Waals surface area contributed by atoms with Crippen LogP contribution in [0.3, 0.4) is 0 Å². The smallest absolute Gasteiger partial charge is 0.320 e. The summed E-state index contributed by atoms with van der Waals surface area (Å²) in [6.45, 7) is 6.24. The second-order valence-corrected chi connectivity index (χ2v) is 6.52. The van der Waals surface area contributed by atoms with Crippen molar-refractivity contribution in [2.45, 2.75) is 31.7 Å². The van der Waals surface area contributed by atoms with Crippen LogP contribution in [0.5, 0.6) is 0 Å². The van der Waals surface area contributed by atoms with Crippen molar-refractivity contribution < 1.29 is 4.42 Å². The van der Waals surface area contributed by atoms with Gasteiger partial charge in [0.25, 0.3) is 5.22 Å². The van der Waals surface area contributed by atoms with Crippen molar-refractivity contribution in [2.75, 3.05) is 5.32 Å². The molecule has 0 aliphatic heterocycles. The molecule has 0 saturated carbocycles. The van der Waals surface area contributed by atoms with Gasteiger partial charge in [-0.25, -0.2) is 0 Å². The second-order valence-electron chi connectivity index (χ2n) is 5.59. The van der Waals surface area contributed by atoms with Crippen molar-refractivity contribution in [2.24, 2.45) is 0 Å². The van der Waals surface area contributed by atoms with Gasteiger partial charge in [0.2, 0.25) is 0 Å². The van der Waals surface area contributed by atoms with Crippen molar-refractivity contribution >= 4 is 23.5 Å². The number of hydrogen-bond donors (Lipinski definition) is 1. The number of nitrogens with one attached hydrogen (secondary N) is 1. The van der Waals surface area contributed by atoms with Gasteiger partial charge in [0.05, 0.1) is 0 Å². The molecule has 3 aromatic rings. The van der Waals surface area contributed by atoms with Crippen LogP contribution in [0.15, 0.2) is 52.1 Å². The summed E-state index contributed by atoms with van der Waals surface area (Å²) in [5.41, 5.74) is 5.90. The summed E-state index contributed by atoms with van der Waals surface area (Å²) in [5, 5.41) is 11.9. The number of thioether (sulfide) groups is 1. The van der Waals surface area contributed by atoms with Crippen molar-refractivity contribution in [1.29, 1.82) is 0 Å². The van der Waals surface area contributed by atoms with Gasteiger partial charge in [-0.05, 0) is 55.2 Å². The van der Waals surface area contributed by atoms with Gasteiger partial charge >= 0.3 is 6.01 Å². The maximum atomic E-state index is 5.66. The third kappa shape index (κ3) is 4.13. The quantitative estimate of drug-likeness (QED) is 0.667. The maximum Gasteiger partial charge on any atom is 0.320 e. The molecule has 1 heterocycles. The molecule has 2 aromatic carbocycles. The summed E-state index contributed by atoms with van der Waals surface area (Å²) in [4.78, 5) is 0. The Morgan fingerprint density at radius 3 is 2.48 bits per heavy atom. The van der Waals surface area contributed by atoms with Crippen molar-refractivity contribution in [1.82, 2.24) is 10.2 Å². The molecule has 0 bridgehead atoms. The largest absolute Gasteiger partial charge is 0.398 e. The van der Waals surface area contributed by atoms with Crippen LogP contribution in [0.25, 0.3) is 0 Å². The lowest BCUT2D eigenvalue weighted by atomic mass is 10.1. The minimum atomic E-state index is 0.419. The monoisotopic (exact) mass is 325 g/mol. The number of hydrogen-bond acceptors (Lipinski definition) is 5. The summed E-state index contributed by atoms with van der Waals surface area (Å²) in [6, 6.07) is 15.0. The number of anilines is 2. The van der Waals surface area contributed by atoms with Gasteiger partial charge in [-0.1, -0.05) is 52.3 Å². The van der Waals surface area contributed by atoms with Crippen LogP contribution in [0.1, 0.15) is 22.3 Å². The highest BCUT2D eigenvalue weighted by molar-refractivity contribution is 7.98. The van der Waals surface area contributed by atoms with Crippen LogP contribution in [0.2, 0.25) is 0 Å². The van der Waals surface area contributed by atoms with E-state index >= 15 is 0 Å². The molecule has 1 aromatic heterocycles. The normalized spacial score (nSPS) is 10.7. The molecule has 3 rings (SSSR count). The molecule has 0 saturated heterocycles. The average molecular weight is 325 g/mol. The zero-order chi connectivity index (χ0) is 16.2. The molecule has 0 fully saturated rings. The molecule has 0 aliphatic rings. The van der Waals surface area contributed by atoms with E-state index in [0.717, 1.165) is 11.4 Å². The summed E-state index contributed by atoms with van der Waals surface area (Å²) >= 11 is 1.55. The minimum absolute atomic E-state index is 0.419. The van der Waals surface area contributed by atoms with E-state index in [-0.39, 0.29) is 0 Å². The van der Waals surface area contributed by atoms with Gasteiger partial charge in [0.15, 0.2) is 0 Å². The molecule has 4 nitrogen and oxygen atoms in total. The van der Waals surface area contributed by atoms with E-state index < -0.39 is 0 Å². The van der Waals surface area contributed by atoms with Crippen molar-refractivity contribution in [3.8, 4) is 0 Å². The Morgan fingerprint density at radius 2 is 1.74 bits per heavy atom. The average Bonchev–Trinajstić information content (AvgIpc) is 2.93. The lowest BCUT2D eigenvalue weighted by Crippen LogP contribution is -1.91. The van der Waals surface area contributed by atoms with E-state index in [1.165, 1.54) is 22.3 Å². The Kier molecular flexibility index (Phi) is 4.67. The number of benzene rings is 2. The number of rotatable bonds is 5. The van der Waals surface area contributed by atoms with Gasteiger partial charge in [0, 0.05) is 11.4 Å². The highest BCUT2D eigenvalue weighted by Gasteiger charge is 2.08. The molecule has 1 N–H and O–H groups in total. The first kappa shape index (κ1) is 15.6. The van der Waals surface area contributed by atoms with E-state index in [1.54, 1.807) is 11.8 Å². The zero-order valence-electron chi connectivity index (χ0n) is 13.5. The fourth-order valence-electron chi connectivity index (χ4n) is 2.40. The van der Waals surface area contributed by atoms with E-state index in [9.17, 15) is 0 Å². The first-order chi connectivity index (χ1) is 11.1. The highest BCUT2D eigenvalue weighted by atomic mass is 32.2. The number of nitrogens with zero attached hydrogens (tertiary/aromatic N) is 2. The Morgan fingerprint density at radius 1 is 1.00 bits per heavy atom. The Bertz CT molecular complexity index is 793. The van der Waals surface area contributed by atoms with Crippen molar-refractivity contribution in [3.63, 3.8) is 0 Å². The lowest BCUT2D eigenvalue weighted by Gasteiger charge is -2.04. The standard InChI is InChI=1S/C18H19N3OS/c1-12-8-13(2)10-16(9-12)19-17-20-21-18(22-17)23-11-15-7-5-4-6-14(15)3/h4-10H,11H2,1-3H3,(H,19,20). The third-order valence-electron chi connectivity index (χ3n) is 3.49. The number of aryl methyl sites for hydroxylation is 3. The molecule has 0 amide bonds. The highest BCUT2D eigenvalue weighted by Crippen LogP contribution is 2.26. The molecule has 0 atom stereocenters. The van der Waals surface area contributed by atoms with E-state index in [2.05, 4.69) is 66.6 Å². The molecular weight excluding hydrogens is 306 g/mol. The molecule has 0 unspecified atom stereocenters. The van der Waals surface area contributed by atoms with Crippen molar-refractivity contribution in [3.05, 3.63) is 64.7 Å². The predicted molar refractivity (Wildman–Crippen MR) is 94.2 cm³/mol. The van der Waals surface area contributed by atoms with E-state index in [4.69, 9.17) is 4.42 Å². The van der Waals surface area contributed by atoms with Gasteiger partial charge in [-0.15, -0.1) is 0 Å². The minimum Gasteiger partial charge on any atom is -0.398 e. The van der Waals surface area contributed by atoms with Crippen LogP contribution < -0.4 is 5.32 Å². The Labute approximate surface area is 140 Å². The SMILES string of the molecule is Cc1cc(C)cc(Nc2nnc(SCc3ccccc3C)o2)c1. The molecule has 0 aliphatic carbocycles. The van der Waals surface area contributed by atoms with E-state index in [1.807, 2.05) is 12.1 Å². The Hall–Kier alpha value is -2.27. The molecule has 118 valence electrons. The zero-order valence-corrected chi connectivity index (χ0v) is 14.3. The lowest BCUT2D eigenvalue weighted by molar-refractivity contribution is 0.468. The summed E-state index contributed by atoms with van der Waals surface area (Å²) < 4.78 is 5.66. The predicted octanol–water partition coefficient (Wildman–Crippen LogP) is 5.03. The Balaban J connectivity index is 1.65. The molecule has 23 heavy (non-hydrogen) atoms. The van der Waals surface area contributed by atoms with Crippen LogP contribution >= 0.6 is 11.8 Å². The van der Waals surface area contributed by atoms with Gasteiger partial charge in [0.1, 0.15) is 0 Å². The summed E-state index contributed by atoms with van der Waals surface area (Å²) in [7, 11) is 0. The molecular formula is C18H19N3OS. The topological polar surface area (TPSA) is 51.0 Å². The van der Waals surface area contributed by atoms with Crippen LogP contribution in [-0.2, 0) is 5.75 Å². The molecule has 0 radical (unpaired) electrons. The fraction of sp³-hybridized carbons (Fsp3) is 0.222. The first-order valence-electron chi connectivity index (χ1n) is 7.46. The van der Waals surface area contributed by atoms with E-state index in [0.29, 0.717) is 11.2 Å². The third-order valence-corrected chi connectivity index (χ3v) is 4.36. The first-order valence-corrected chi connectivity index (χ1v) is 8.45. The van der Waals surface area contributed by atoms with Crippen LogP contribution in [0, 0.1) is 20.8 Å².